The standard InChI is InChI=1S/C8H9NS/c1-2-6-9-8-5-3-4-7-10-8/h2-7H,1H3/b6-2-,9-8?. The Hall–Kier alpha value is -0.890. The second kappa shape index (κ2) is 4.01. The molecular formula is C8H9NS. The summed E-state index contributed by atoms with van der Waals surface area (Å²) in [7, 11) is 0. The fraction of sp³-hybridized carbons (Fsp3) is 0.125. The lowest BCUT2D eigenvalue weighted by atomic mass is 10.6. The van der Waals surface area contributed by atoms with Crippen LogP contribution in [0.3, 0.4) is 0 Å². The summed E-state index contributed by atoms with van der Waals surface area (Å²) < 4.78 is 1.04. The van der Waals surface area contributed by atoms with E-state index in [1.807, 2.05) is 36.6 Å². The molecule has 0 atom stereocenters. The van der Waals surface area contributed by atoms with Crippen LogP contribution in [0, 0.1) is 0 Å². The van der Waals surface area contributed by atoms with Crippen LogP contribution in [0.1, 0.15) is 6.92 Å². The first-order chi connectivity index (χ1) is 4.93. The molecule has 10 heavy (non-hydrogen) atoms. The van der Waals surface area contributed by atoms with E-state index in [9.17, 15) is 0 Å². The molecule has 0 bridgehead atoms. The minimum Gasteiger partial charge on any atom is -0.246 e. The van der Waals surface area contributed by atoms with E-state index in [4.69, 9.17) is 0 Å². The van der Waals surface area contributed by atoms with E-state index in [2.05, 4.69) is 4.99 Å². The Labute approximate surface area is 64.4 Å². The zero-order chi connectivity index (χ0) is 7.23. The van der Waals surface area contributed by atoms with Crippen LogP contribution in [0.15, 0.2) is 40.8 Å². The SMILES string of the molecule is C/C=C\N=c1ccccs1. The maximum Gasteiger partial charge on any atom is 0.115 e. The Morgan fingerprint density at radius 1 is 1.50 bits per heavy atom. The van der Waals surface area contributed by atoms with Crippen LogP contribution in [0.5, 0.6) is 0 Å². The Morgan fingerprint density at radius 2 is 2.40 bits per heavy atom. The maximum atomic E-state index is 4.16. The lowest BCUT2D eigenvalue weighted by molar-refractivity contribution is 1.40. The number of allylic oxidation sites excluding steroid dienone is 1. The van der Waals surface area contributed by atoms with Gasteiger partial charge >= 0.3 is 0 Å². The van der Waals surface area contributed by atoms with Gasteiger partial charge < -0.3 is 0 Å². The molecule has 1 heterocycles. The lowest BCUT2D eigenvalue weighted by Crippen LogP contribution is -1.90. The van der Waals surface area contributed by atoms with Gasteiger partial charge in [-0.1, -0.05) is 18.2 Å². The molecule has 1 nitrogen and oxygen atoms in total. The molecule has 0 aliphatic heterocycles. The topological polar surface area (TPSA) is 12.4 Å². The van der Waals surface area contributed by atoms with Crippen molar-refractivity contribution in [2.24, 2.45) is 4.99 Å². The first kappa shape index (κ1) is 7.22. The van der Waals surface area contributed by atoms with Crippen LogP contribution in [-0.2, 0) is 0 Å². The smallest absolute Gasteiger partial charge is 0.115 e. The van der Waals surface area contributed by atoms with Crippen molar-refractivity contribution < 1.29 is 0 Å². The van der Waals surface area contributed by atoms with E-state index in [0.717, 1.165) is 4.67 Å². The molecule has 1 aromatic heterocycles. The summed E-state index contributed by atoms with van der Waals surface area (Å²) in [6, 6.07) is 5.98. The van der Waals surface area contributed by atoms with E-state index in [0.29, 0.717) is 0 Å². The van der Waals surface area contributed by atoms with Crippen molar-refractivity contribution in [3.8, 4) is 0 Å². The van der Waals surface area contributed by atoms with Crippen LogP contribution in [0.4, 0.5) is 0 Å². The van der Waals surface area contributed by atoms with Crippen molar-refractivity contribution in [2.75, 3.05) is 0 Å². The third-order valence-electron chi connectivity index (χ3n) is 0.968. The number of hydrogen-bond acceptors (Lipinski definition) is 2. The Bertz CT molecular complexity index is 255. The van der Waals surface area contributed by atoms with Crippen LogP contribution < -0.4 is 4.67 Å². The highest BCUT2D eigenvalue weighted by Crippen LogP contribution is 1.84. The molecule has 1 aromatic rings. The van der Waals surface area contributed by atoms with E-state index < -0.39 is 0 Å². The third kappa shape index (κ3) is 2.15. The normalized spacial score (nSPS) is 12.7. The minimum absolute atomic E-state index is 1.04. The van der Waals surface area contributed by atoms with Crippen molar-refractivity contribution in [1.29, 1.82) is 0 Å². The summed E-state index contributed by atoms with van der Waals surface area (Å²) in [4.78, 5) is 4.16. The first-order valence-corrected chi connectivity index (χ1v) is 4.00. The average Bonchev–Trinajstić information content (AvgIpc) is 2.03. The van der Waals surface area contributed by atoms with Gasteiger partial charge in [0.1, 0.15) is 4.67 Å². The first-order valence-electron chi connectivity index (χ1n) is 3.12. The molecule has 0 N–H and O–H groups in total. The molecule has 52 valence electrons. The van der Waals surface area contributed by atoms with Gasteiger partial charge in [-0.25, -0.2) is 4.99 Å². The quantitative estimate of drug-likeness (QED) is 0.583. The predicted octanol–water partition coefficient (Wildman–Crippen LogP) is 2.18. The van der Waals surface area contributed by atoms with Gasteiger partial charge in [0.15, 0.2) is 0 Å². The second-order valence-corrected chi connectivity index (χ2v) is 2.68. The highest BCUT2D eigenvalue weighted by molar-refractivity contribution is 7.07. The summed E-state index contributed by atoms with van der Waals surface area (Å²) >= 11 is 1.63. The molecule has 0 aliphatic rings. The lowest BCUT2D eigenvalue weighted by Gasteiger charge is -1.79. The molecule has 0 unspecified atom stereocenters. The van der Waals surface area contributed by atoms with Crippen LogP contribution >= 0.6 is 11.3 Å². The Morgan fingerprint density at radius 3 is 3.00 bits per heavy atom. The summed E-state index contributed by atoms with van der Waals surface area (Å²) in [6.07, 6.45) is 3.71. The van der Waals surface area contributed by atoms with Crippen LogP contribution in [0.25, 0.3) is 0 Å². The molecule has 0 radical (unpaired) electrons. The highest BCUT2D eigenvalue weighted by Gasteiger charge is 1.72. The van der Waals surface area contributed by atoms with Crippen molar-refractivity contribution in [3.05, 3.63) is 40.5 Å². The molecule has 0 aliphatic carbocycles. The van der Waals surface area contributed by atoms with E-state index in [1.165, 1.54) is 0 Å². The predicted molar refractivity (Wildman–Crippen MR) is 44.7 cm³/mol. The number of rotatable bonds is 1. The van der Waals surface area contributed by atoms with Gasteiger partial charge in [0.05, 0.1) is 0 Å². The van der Waals surface area contributed by atoms with Gasteiger partial charge in [-0.2, -0.15) is 0 Å². The molecular weight excluding hydrogens is 142 g/mol. The van der Waals surface area contributed by atoms with Crippen LogP contribution in [0.2, 0.25) is 0 Å². The zero-order valence-corrected chi connectivity index (χ0v) is 6.64. The molecule has 0 amide bonds. The summed E-state index contributed by atoms with van der Waals surface area (Å²) in [5.74, 6) is 0. The third-order valence-corrected chi connectivity index (χ3v) is 1.74. The zero-order valence-electron chi connectivity index (χ0n) is 5.82. The minimum atomic E-state index is 1.04. The second-order valence-electron chi connectivity index (χ2n) is 1.76. The van der Waals surface area contributed by atoms with Gasteiger partial charge in [0.2, 0.25) is 0 Å². The summed E-state index contributed by atoms with van der Waals surface area (Å²) in [5.41, 5.74) is 0. The molecule has 0 saturated heterocycles. The van der Waals surface area contributed by atoms with Gasteiger partial charge in [-0.3, -0.25) is 0 Å². The molecule has 0 fully saturated rings. The molecule has 0 spiro atoms. The largest absolute Gasteiger partial charge is 0.246 e. The van der Waals surface area contributed by atoms with Gasteiger partial charge in [-0.15, -0.1) is 11.3 Å². The fourth-order valence-electron chi connectivity index (χ4n) is 0.553. The van der Waals surface area contributed by atoms with Gasteiger partial charge in [0.25, 0.3) is 0 Å². The summed E-state index contributed by atoms with van der Waals surface area (Å²) in [6.45, 7) is 1.96. The molecule has 0 saturated carbocycles. The Balaban J connectivity index is 2.95. The maximum absolute atomic E-state index is 4.16. The summed E-state index contributed by atoms with van der Waals surface area (Å²) in [5, 5.41) is 2.02. The molecule has 1 rings (SSSR count). The van der Waals surface area contributed by atoms with Gasteiger partial charge in [-0.05, 0) is 18.4 Å². The average molecular weight is 151 g/mol. The van der Waals surface area contributed by atoms with Crippen LogP contribution in [-0.4, -0.2) is 0 Å². The highest BCUT2D eigenvalue weighted by atomic mass is 32.1. The monoisotopic (exact) mass is 151 g/mol. The van der Waals surface area contributed by atoms with E-state index in [-0.39, 0.29) is 0 Å². The number of hydrogen-bond donors (Lipinski definition) is 0. The molecule has 0 aromatic carbocycles. The van der Waals surface area contributed by atoms with Gasteiger partial charge in [0, 0.05) is 6.20 Å². The van der Waals surface area contributed by atoms with E-state index in [1.54, 1.807) is 17.5 Å². The van der Waals surface area contributed by atoms with Crippen molar-refractivity contribution in [3.63, 3.8) is 0 Å². The fourth-order valence-corrected chi connectivity index (χ4v) is 1.14. The van der Waals surface area contributed by atoms with E-state index >= 15 is 0 Å². The van der Waals surface area contributed by atoms with Crippen molar-refractivity contribution in [1.82, 2.24) is 0 Å². The molecule has 2 heteroatoms. The van der Waals surface area contributed by atoms with Crippen molar-refractivity contribution in [2.45, 2.75) is 6.92 Å². The van der Waals surface area contributed by atoms with Crippen molar-refractivity contribution >= 4 is 11.3 Å². The Kier molecular flexibility index (Phi) is 2.90. The number of nitrogens with zero attached hydrogens (tertiary/aromatic N) is 1.